The normalized spacial score (nSPS) is 18.8. The van der Waals surface area contributed by atoms with Gasteiger partial charge in [0.15, 0.2) is 5.70 Å². The Kier molecular flexibility index (Phi) is 2.30. The van der Waals surface area contributed by atoms with Crippen LogP contribution >= 0.6 is 0 Å². The Balaban J connectivity index is 2.32. The average Bonchev–Trinajstić information content (AvgIpc) is 2.49. The largest absolute Gasteiger partial charge is 0.870 e. The molecule has 0 saturated carbocycles. The van der Waals surface area contributed by atoms with Crippen molar-refractivity contribution < 1.29 is 19.9 Å². The van der Waals surface area contributed by atoms with E-state index < -0.39 is 5.75 Å². The second-order valence-corrected chi connectivity index (χ2v) is 5.50. The van der Waals surface area contributed by atoms with Crippen LogP contribution in [0.1, 0.15) is 10.4 Å². The van der Waals surface area contributed by atoms with Gasteiger partial charge in [-0.1, -0.05) is 30.0 Å². The zero-order chi connectivity index (χ0) is 14.7. The van der Waals surface area contributed by atoms with Gasteiger partial charge in [0.1, 0.15) is 12.3 Å². The van der Waals surface area contributed by atoms with Crippen molar-refractivity contribution in [1.29, 1.82) is 0 Å². The van der Waals surface area contributed by atoms with Crippen LogP contribution in [-0.2, 0) is 0 Å². The van der Waals surface area contributed by atoms with E-state index in [-0.39, 0.29) is 11.5 Å². The highest BCUT2D eigenvalue weighted by Crippen LogP contribution is 2.34. The monoisotopic (exact) mass is 279 g/mol. The molecule has 4 nitrogen and oxygen atoms in total. The Bertz CT molecular complexity index is 928. The first-order valence-electron chi connectivity index (χ1n) is 6.84. The lowest BCUT2D eigenvalue weighted by Gasteiger charge is -2.27. The van der Waals surface area contributed by atoms with Gasteiger partial charge >= 0.3 is 0 Å². The summed E-state index contributed by atoms with van der Waals surface area (Å²) in [5.41, 5.74) is 2.23. The number of phenolic OH excluding ortho intramolecular Hbond substituents is 1. The molecule has 4 rings (SSSR count). The molecule has 0 saturated heterocycles. The molecule has 1 atom stereocenters. The summed E-state index contributed by atoms with van der Waals surface area (Å²) in [6, 6.07) is 8.57. The summed E-state index contributed by atoms with van der Waals surface area (Å²) in [4.78, 5) is 13.7. The van der Waals surface area contributed by atoms with Gasteiger partial charge in [0.05, 0.1) is 12.3 Å². The van der Waals surface area contributed by atoms with Crippen molar-refractivity contribution in [3.05, 3.63) is 46.3 Å². The third kappa shape index (κ3) is 1.45. The number of ketones is 1. The molecule has 1 aliphatic heterocycles. The maximum absolute atomic E-state index is 12.8. The molecule has 4 heteroatoms. The fraction of sp³-hybridized carbons (Fsp3) is 0.118. The molecule has 0 bridgehead atoms. The summed E-state index contributed by atoms with van der Waals surface area (Å²) in [5.74, 6) is -0.701. The number of carbonyl (C=O) groups is 1. The average molecular weight is 279 g/mol. The van der Waals surface area contributed by atoms with Gasteiger partial charge in [-0.25, -0.2) is 0 Å². The Morgan fingerprint density at radius 3 is 2.71 bits per heavy atom. The quantitative estimate of drug-likeness (QED) is 0.633. The van der Waals surface area contributed by atoms with Crippen LogP contribution in [0.5, 0.6) is 11.5 Å². The van der Waals surface area contributed by atoms with Crippen molar-refractivity contribution in [3.8, 4) is 22.6 Å². The van der Waals surface area contributed by atoms with E-state index in [9.17, 15) is 15.0 Å². The maximum atomic E-state index is 12.8. The number of carbonyl (C=O) groups excluding carboxylic acids is 1. The zero-order valence-corrected chi connectivity index (χ0v) is 11.4. The number of likely N-dealkylation sites (N-methyl/N-ethyl adjacent to an activating group) is 1. The second kappa shape index (κ2) is 3.96. The SMILES string of the molecule is C[NH+]1CC=c2cc(O)c([O-])c3c2=C1C(=O)c1ccccc1-3. The molecule has 0 fully saturated rings. The van der Waals surface area contributed by atoms with E-state index in [1.54, 1.807) is 24.3 Å². The first kappa shape index (κ1) is 12.2. The number of nitrogens with one attached hydrogen (secondary N) is 1. The highest BCUT2D eigenvalue weighted by atomic mass is 16.3. The first-order valence-corrected chi connectivity index (χ1v) is 6.84. The van der Waals surface area contributed by atoms with E-state index in [1.807, 2.05) is 13.1 Å². The molecule has 0 radical (unpaired) electrons. The Hall–Kier alpha value is -2.59. The molecule has 0 amide bonds. The van der Waals surface area contributed by atoms with Crippen molar-refractivity contribution >= 4 is 17.6 Å². The third-order valence-corrected chi connectivity index (χ3v) is 4.26. The van der Waals surface area contributed by atoms with Gasteiger partial charge in [-0.3, -0.25) is 9.69 Å². The summed E-state index contributed by atoms with van der Waals surface area (Å²) >= 11 is 0. The van der Waals surface area contributed by atoms with Gasteiger partial charge in [0.2, 0.25) is 5.78 Å². The van der Waals surface area contributed by atoms with Crippen molar-refractivity contribution in [1.82, 2.24) is 0 Å². The maximum Gasteiger partial charge on any atom is 0.247 e. The summed E-state index contributed by atoms with van der Waals surface area (Å²) in [6.45, 7) is 0.660. The lowest BCUT2D eigenvalue weighted by molar-refractivity contribution is -0.792. The summed E-state index contributed by atoms with van der Waals surface area (Å²) in [7, 11) is 1.92. The van der Waals surface area contributed by atoms with E-state index in [4.69, 9.17) is 0 Å². The fourth-order valence-electron chi connectivity index (χ4n) is 3.28. The second-order valence-electron chi connectivity index (χ2n) is 5.50. The van der Waals surface area contributed by atoms with Gasteiger partial charge < -0.3 is 10.2 Å². The number of aromatic hydroxyl groups is 1. The van der Waals surface area contributed by atoms with Crippen LogP contribution in [0.2, 0.25) is 0 Å². The van der Waals surface area contributed by atoms with Crippen LogP contribution in [0, 0.1) is 0 Å². The van der Waals surface area contributed by atoms with Gasteiger partial charge in [0.25, 0.3) is 0 Å². The lowest BCUT2D eigenvalue weighted by Crippen LogP contribution is -3.08. The standard InChI is InChI=1S/C17H13NO3/c1-18-7-6-9-8-12(19)17(21)14-10-4-2-3-5-11(10)16(20)15(18)13(9)14/h2-6,8,19,21H,7H2,1H3. The van der Waals surface area contributed by atoms with Crippen LogP contribution in [-0.4, -0.2) is 24.5 Å². The van der Waals surface area contributed by atoms with Gasteiger partial charge in [-0.05, 0) is 28.5 Å². The highest BCUT2D eigenvalue weighted by molar-refractivity contribution is 6.26. The first-order chi connectivity index (χ1) is 10.1. The van der Waals surface area contributed by atoms with E-state index in [2.05, 4.69) is 0 Å². The van der Waals surface area contributed by atoms with Crippen molar-refractivity contribution in [2.24, 2.45) is 0 Å². The Morgan fingerprint density at radius 2 is 1.95 bits per heavy atom. The Morgan fingerprint density at radius 1 is 1.24 bits per heavy atom. The number of Topliss-reactive ketones (excluding diaryl/α,β-unsaturated/α-hetero) is 1. The lowest BCUT2D eigenvalue weighted by atomic mass is 9.85. The van der Waals surface area contributed by atoms with Crippen molar-refractivity contribution in [3.63, 3.8) is 0 Å². The summed E-state index contributed by atoms with van der Waals surface area (Å²) < 4.78 is 0. The van der Waals surface area contributed by atoms with E-state index >= 15 is 0 Å². The van der Waals surface area contributed by atoms with Gasteiger partial charge in [0, 0.05) is 5.56 Å². The minimum atomic E-state index is -0.408. The summed E-state index contributed by atoms with van der Waals surface area (Å²) in [5, 5.41) is 23.8. The minimum Gasteiger partial charge on any atom is -0.870 e. The molecule has 0 aromatic heterocycles. The third-order valence-electron chi connectivity index (χ3n) is 4.26. The molecule has 1 unspecified atom stereocenters. The topological polar surface area (TPSA) is 64.8 Å². The molecule has 2 aromatic carbocycles. The predicted octanol–water partition coefficient (Wildman–Crippen LogP) is -1.25. The number of hydrogen-bond acceptors (Lipinski definition) is 3. The van der Waals surface area contributed by atoms with Crippen molar-refractivity contribution in [2.75, 3.05) is 13.6 Å². The molecule has 104 valence electrons. The number of quaternary nitrogens is 1. The van der Waals surface area contributed by atoms with Crippen LogP contribution in [0.15, 0.2) is 30.3 Å². The number of hydrogen-bond donors (Lipinski definition) is 2. The number of benzene rings is 2. The van der Waals surface area contributed by atoms with E-state index in [0.717, 1.165) is 10.1 Å². The zero-order valence-electron chi connectivity index (χ0n) is 11.4. The molecule has 2 aliphatic rings. The van der Waals surface area contributed by atoms with E-state index in [0.29, 0.717) is 34.2 Å². The van der Waals surface area contributed by atoms with Gasteiger partial charge in [-0.2, -0.15) is 0 Å². The molecule has 21 heavy (non-hydrogen) atoms. The fourth-order valence-corrected chi connectivity index (χ4v) is 3.28. The smallest absolute Gasteiger partial charge is 0.247 e. The highest BCUT2D eigenvalue weighted by Gasteiger charge is 2.32. The molecule has 1 aliphatic carbocycles. The van der Waals surface area contributed by atoms with Crippen LogP contribution in [0.3, 0.4) is 0 Å². The van der Waals surface area contributed by atoms with Crippen LogP contribution in [0.25, 0.3) is 22.9 Å². The number of fused-ring (bicyclic) bond motifs is 2. The molecule has 1 heterocycles. The van der Waals surface area contributed by atoms with Crippen molar-refractivity contribution in [2.45, 2.75) is 0 Å². The molecular formula is C17H13NO3. The Labute approximate surface area is 120 Å². The number of rotatable bonds is 0. The van der Waals surface area contributed by atoms with Crippen LogP contribution in [0.4, 0.5) is 0 Å². The number of phenols is 1. The molecule has 2 N–H and O–H groups in total. The molecule has 2 aromatic rings. The molecular weight excluding hydrogens is 266 g/mol. The molecule has 0 spiro atoms. The minimum absolute atomic E-state index is 0.0324. The van der Waals surface area contributed by atoms with Gasteiger partial charge in [-0.15, -0.1) is 0 Å². The van der Waals surface area contributed by atoms with Crippen LogP contribution < -0.4 is 20.4 Å². The van der Waals surface area contributed by atoms with E-state index in [1.165, 1.54) is 6.07 Å². The predicted molar refractivity (Wildman–Crippen MR) is 76.2 cm³/mol. The summed E-state index contributed by atoms with van der Waals surface area (Å²) in [6.07, 6.45) is 1.96.